The number of nitrogens with zero attached hydrogens (tertiary/aromatic N) is 3. The lowest BCUT2D eigenvalue weighted by atomic mass is 10.1. The standard InChI is InChI=1S/C13H18N4O2S2/c1-10-4-6-11(7-5-10)12-15-16-13(17(12)2)20-9-8-14-21(3,18)19/h4-7,14H,8-9H2,1-3H3. The van der Waals surface area contributed by atoms with Gasteiger partial charge in [0.05, 0.1) is 6.26 Å². The Morgan fingerprint density at radius 2 is 1.90 bits per heavy atom. The second-order valence-electron chi connectivity index (χ2n) is 4.75. The van der Waals surface area contributed by atoms with Gasteiger partial charge in [0.15, 0.2) is 11.0 Å². The number of aromatic nitrogens is 3. The summed E-state index contributed by atoms with van der Waals surface area (Å²) in [5, 5.41) is 9.11. The van der Waals surface area contributed by atoms with E-state index in [1.807, 2.05) is 42.8 Å². The molecule has 1 aromatic carbocycles. The molecule has 6 nitrogen and oxygen atoms in total. The van der Waals surface area contributed by atoms with E-state index in [2.05, 4.69) is 14.9 Å². The number of benzene rings is 1. The quantitative estimate of drug-likeness (QED) is 0.642. The van der Waals surface area contributed by atoms with Gasteiger partial charge in [-0.15, -0.1) is 10.2 Å². The van der Waals surface area contributed by atoms with Crippen molar-refractivity contribution in [2.24, 2.45) is 7.05 Å². The predicted octanol–water partition coefficient (Wildman–Crippen LogP) is 1.43. The van der Waals surface area contributed by atoms with Crippen LogP contribution in [0.25, 0.3) is 11.4 Å². The van der Waals surface area contributed by atoms with Gasteiger partial charge in [-0.3, -0.25) is 0 Å². The molecule has 0 saturated heterocycles. The Hall–Kier alpha value is -1.38. The highest BCUT2D eigenvalue weighted by Gasteiger charge is 2.11. The Bertz CT molecular complexity index is 708. The van der Waals surface area contributed by atoms with Gasteiger partial charge < -0.3 is 4.57 Å². The molecule has 21 heavy (non-hydrogen) atoms. The molecule has 0 saturated carbocycles. The molecule has 0 atom stereocenters. The van der Waals surface area contributed by atoms with Crippen LogP contribution in [0.1, 0.15) is 5.56 Å². The number of nitrogens with one attached hydrogen (secondary N) is 1. The predicted molar refractivity (Wildman–Crippen MR) is 84.7 cm³/mol. The fourth-order valence-corrected chi connectivity index (χ4v) is 3.13. The minimum Gasteiger partial charge on any atom is -0.305 e. The summed E-state index contributed by atoms with van der Waals surface area (Å²) in [7, 11) is -1.23. The number of hydrogen-bond donors (Lipinski definition) is 1. The molecule has 0 fully saturated rings. The van der Waals surface area contributed by atoms with E-state index in [9.17, 15) is 8.42 Å². The molecule has 1 N–H and O–H groups in total. The molecule has 0 unspecified atom stereocenters. The summed E-state index contributed by atoms with van der Waals surface area (Å²) in [6, 6.07) is 8.09. The lowest BCUT2D eigenvalue weighted by molar-refractivity contribution is 0.590. The maximum Gasteiger partial charge on any atom is 0.208 e. The van der Waals surface area contributed by atoms with Gasteiger partial charge in [-0.2, -0.15) is 0 Å². The van der Waals surface area contributed by atoms with Crippen LogP contribution in [0.2, 0.25) is 0 Å². The molecule has 114 valence electrons. The smallest absolute Gasteiger partial charge is 0.208 e. The zero-order chi connectivity index (χ0) is 15.5. The van der Waals surface area contributed by atoms with Crippen molar-refractivity contribution in [3.05, 3.63) is 29.8 Å². The van der Waals surface area contributed by atoms with E-state index in [0.29, 0.717) is 12.3 Å². The van der Waals surface area contributed by atoms with Gasteiger partial charge in [0.1, 0.15) is 0 Å². The minimum absolute atomic E-state index is 0.371. The molecule has 1 aromatic heterocycles. The molecule has 0 bridgehead atoms. The first kappa shape index (κ1) is 16.0. The second kappa shape index (κ2) is 6.59. The van der Waals surface area contributed by atoms with E-state index in [1.165, 1.54) is 17.3 Å². The van der Waals surface area contributed by atoms with Crippen LogP contribution in [-0.4, -0.2) is 41.7 Å². The van der Waals surface area contributed by atoms with Gasteiger partial charge in [0.25, 0.3) is 0 Å². The van der Waals surface area contributed by atoms with Crippen LogP contribution in [0.3, 0.4) is 0 Å². The Balaban J connectivity index is 2.02. The number of hydrogen-bond acceptors (Lipinski definition) is 5. The average Bonchev–Trinajstić information content (AvgIpc) is 2.76. The summed E-state index contributed by atoms with van der Waals surface area (Å²) >= 11 is 1.47. The Morgan fingerprint density at radius 1 is 1.24 bits per heavy atom. The van der Waals surface area contributed by atoms with E-state index in [-0.39, 0.29) is 0 Å². The van der Waals surface area contributed by atoms with Crippen molar-refractivity contribution in [3.63, 3.8) is 0 Å². The maximum absolute atomic E-state index is 11.0. The van der Waals surface area contributed by atoms with E-state index in [1.54, 1.807) is 0 Å². The van der Waals surface area contributed by atoms with Gasteiger partial charge in [-0.1, -0.05) is 41.6 Å². The second-order valence-corrected chi connectivity index (χ2v) is 7.64. The number of thioether (sulfide) groups is 1. The van der Waals surface area contributed by atoms with Gasteiger partial charge in [-0.25, -0.2) is 13.1 Å². The number of rotatable bonds is 6. The third kappa shape index (κ3) is 4.55. The van der Waals surface area contributed by atoms with Gasteiger partial charge >= 0.3 is 0 Å². The Morgan fingerprint density at radius 3 is 2.52 bits per heavy atom. The zero-order valence-corrected chi connectivity index (χ0v) is 13.8. The SMILES string of the molecule is Cc1ccc(-c2nnc(SCCNS(C)(=O)=O)n2C)cc1. The average molecular weight is 326 g/mol. The van der Waals surface area contributed by atoms with Gasteiger partial charge in [0.2, 0.25) is 10.0 Å². The third-order valence-corrected chi connectivity index (χ3v) is 4.59. The molecule has 2 rings (SSSR count). The van der Waals surface area contributed by atoms with E-state index < -0.39 is 10.0 Å². The van der Waals surface area contributed by atoms with Crippen molar-refractivity contribution in [2.45, 2.75) is 12.1 Å². The summed E-state index contributed by atoms with van der Waals surface area (Å²) in [6.07, 6.45) is 1.15. The zero-order valence-electron chi connectivity index (χ0n) is 12.2. The molecule has 0 amide bonds. The van der Waals surface area contributed by atoms with Crippen LogP contribution in [0, 0.1) is 6.92 Å². The number of sulfonamides is 1. The molecule has 0 aliphatic carbocycles. The topological polar surface area (TPSA) is 76.9 Å². The van der Waals surface area contributed by atoms with Gasteiger partial charge in [0, 0.05) is 24.9 Å². The van der Waals surface area contributed by atoms with Crippen molar-refractivity contribution in [3.8, 4) is 11.4 Å². The molecular weight excluding hydrogens is 308 g/mol. The van der Waals surface area contributed by atoms with Crippen LogP contribution in [0.4, 0.5) is 0 Å². The lowest BCUT2D eigenvalue weighted by Crippen LogP contribution is -2.24. The Kier molecular flexibility index (Phi) is 5.02. The minimum atomic E-state index is -3.14. The first-order valence-corrected chi connectivity index (χ1v) is 9.28. The van der Waals surface area contributed by atoms with Crippen LogP contribution in [0.5, 0.6) is 0 Å². The highest BCUT2D eigenvalue weighted by atomic mass is 32.2. The molecule has 1 heterocycles. The van der Waals surface area contributed by atoms with Crippen molar-refractivity contribution in [1.29, 1.82) is 0 Å². The summed E-state index contributed by atoms with van der Waals surface area (Å²) in [5.74, 6) is 1.40. The number of aryl methyl sites for hydroxylation is 1. The summed E-state index contributed by atoms with van der Waals surface area (Å²) in [4.78, 5) is 0. The van der Waals surface area contributed by atoms with Crippen molar-refractivity contribution in [1.82, 2.24) is 19.5 Å². The summed E-state index contributed by atoms with van der Waals surface area (Å²) < 4.78 is 26.3. The highest BCUT2D eigenvalue weighted by Crippen LogP contribution is 2.22. The van der Waals surface area contributed by atoms with Crippen LogP contribution in [0.15, 0.2) is 29.4 Å². The lowest BCUT2D eigenvalue weighted by Gasteiger charge is -2.04. The molecular formula is C13H18N4O2S2. The molecule has 0 radical (unpaired) electrons. The van der Waals surface area contributed by atoms with Crippen molar-refractivity contribution in [2.75, 3.05) is 18.6 Å². The maximum atomic E-state index is 11.0. The van der Waals surface area contributed by atoms with Crippen LogP contribution < -0.4 is 4.72 Å². The molecule has 0 spiro atoms. The first-order chi connectivity index (χ1) is 9.87. The fraction of sp³-hybridized carbons (Fsp3) is 0.385. The molecule has 8 heteroatoms. The third-order valence-electron chi connectivity index (χ3n) is 2.84. The largest absolute Gasteiger partial charge is 0.305 e. The summed E-state index contributed by atoms with van der Waals surface area (Å²) in [6.45, 7) is 2.41. The fourth-order valence-electron chi connectivity index (χ4n) is 1.76. The van der Waals surface area contributed by atoms with E-state index in [0.717, 1.165) is 22.8 Å². The van der Waals surface area contributed by atoms with E-state index in [4.69, 9.17) is 0 Å². The van der Waals surface area contributed by atoms with Crippen molar-refractivity contribution < 1.29 is 8.42 Å². The monoisotopic (exact) mass is 326 g/mol. The highest BCUT2D eigenvalue weighted by molar-refractivity contribution is 7.99. The summed E-state index contributed by atoms with van der Waals surface area (Å²) in [5.41, 5.74) is 2.21. The van der Waals surface area contributed by atoms with E-state index >= 15 is 0 Å². The van der Waals surface area contributed by atoms with Gasteiger partial charge in [-0.05, 0) is 6.92 Å². The van der Waals surface area contributed by atoms with Crippen LogP contribution >= 0.6 is 11.8 Å². The molecule has 0 aliphatic rings. The normalized spacial score (nSPS) is 11.8. The van der Waals surface area contributed by atoms with Crippen LogP contribution in [-0.2, 0) is 17.1 Å². The molecule has 2 aromatic rings. The Labute approximate surface area is 129 Å². The molecule has 0 aliphatic heterocycles. The van der Waals surface area contributed by atoms with Crippen molar-refractivity contribution >= 4 is 21.8 Å². The first-order valence-electron chi connectivity index (χ1n) is 6.41.